The highest BCUT2D eigenvalue weighted by Gasteiger charge is 2.19. The summed E-state index contributed by atoms with van der Waals surface area (Å²) in [5.74, 6) is -1.07. The van der Waals surface area contributed by atoms with Gasteiger partial charge in [-0.3, -0.25) is 14.4 Å². The van der Waals surface area contributed by atoms with E-state index in [9.17, 15) is 14.4 Å². The summed E-state index contributed by atoms with van der Waals surface area (Å²) in [5, 5.41) is 2.84. The third-order valence-corrected chi connectivity index (χ3v) is 3.95. The fraction of sp³-hybridized carbons (Fsp3) is 0.250. The lowest BCUT2D eigenvalue weighted by atomic mass is 10.1. The first kappa shape index (κ1) is 19.2. The number of carbonyl (C=O) groups is 3. The molecular formula is C20H23N3O3. The van der Waals surface area contributed by atoms with E-state index in [0.717, 1.165) is 17.7 Å². The summed E-state index contributed by atoms with van der Waals surface area (Å²) in [6.45, 7) is 4.26. The molecule has 0 aliphatic heterocycles. The first-order valence-electron chi connectivity index (χ1n) is 8.47. The highest BCUT2D eigenvalue weighted by Crippen LogP contribution is 2.14. The van der Waals surface area contributed by atoms with E-state index in [4.69, 9.17) is 5.73 Å². The molecule has 0 heterocycles. The van der Waals surface area contributed by atoms with Crippen molar-refractivity contribution in [3.63, 3.8) is 0 Å². The maximum Gasteiger partial charge on any atom is 0.254 e. The van der Waals surface area contributed by atoms with Gasteiger partial charge in [0, 0.05) is 23.4 Å². The first-order valence-corrected chi connectivity index (χ1v) is 8.47. The third-order valence-electron chi connectivity index (χ3n) is 3.95. The quantitative estimate of drug-likeness (QED) is 0.801. The van der Waals surface area contributed by atoms with Crippen LogP contribution in [0.25, 0.3) is 0 Å². The molecule has 0 unspecified atom stereocenters. The predicted molar refractivity (Wildman–Crippen MR) is 101 cm³/mol. The van der Waals surface area contributed by atoms with E-state index in [1.807, 2.05) is 38.1 Å². The number of amides is 3. The number of anilines is 1. The number of nitrogens with two attached hydrogens (primary N) is 1. The van der Waals surface area contributed by atoms with Gasteiger partial charge in [0.2, 0.25) is 11.8 Å². The van der Waals surface area contributed by atoms with Gasteiger partial charge in [0.15, 0.2) is 0 Å². The number of nitrogens with one attached hydrogen (secondary N) is 1. The van der Waals surface area contributed by atoms with Crippen LogP contribution in [-0.2, 0) is 4.79 Å². The molecule has 0 saturated heterocycles. The monoisotopic (exact) mass is 353 g/mol. The molecule has 0 radical (unpaired) electrons. The molecule has 0 fully saturated rings. The Balaban J connectivity index is 2.09. The van der Waals surface area contributed by atoms with Gasteiger partial charge in [-0.2, -0.15) is 0 Å². The second-order valence-corrected chi connectivity index (χ2v) is 6.03. The first-order chi connectivity index (χ1) is 12.4. The minimum atomic E-state index is -0.549. The zero-order valence-electron chi connectivity index (χ0n) is 15.0. The lowest BCUT2D eigenvalue weighted by molar-refractivity contribution is -0.116. The molecule has 6 nitrogen and oxygen atoms in total. The number of benzene rings is 2. The zero-order chi connectivity index (χ0) is 19.1. The molecule has 0 bridgehead atoms. The number of hydrogen-bond acceptors (Lipinski definition) is 3. The van der Waals surface area contributed by atoms with Gasteiger partial charge >= 0.3 is 0 Å². The number of primary amides is 1. The number of hydrogen-bond donors (Lipinski definition) is 2. The minimum absolute atomic E-state index is 0.0431. The molecular weight excluding hydrogens is 330 g/mol. The lowest BCUT2D eigenvalue weighted by Gasteiger charge is -2.22. The van der Waals surface area contributed by atoms with Crippen LogP contribution in [0.4, 0.5) is 5.69 Å². The number of para-hydroxylation sites is 1. The molecule has 2 rings (SSSR count). The lowest BCUT2D eigenvalue weighted by Crippen LogP contribution is -2.38. The van der Waals surface area contributed by atoms with Gasteiger partial charge in [0.05, 0.1) is 0 Å². The van der Waals surface area contributed by atoms with Crippen LogP contribution in [0.2, 0.25) is 0 Å². The van der Waals surface area contributed by atoms with E-state index >= 15 is 0 Å². The Kier molecular flexibility index (Phi) is 6.49. The molecule has 0 saturated carbocycles. The van der Waals surface area contributed by atoms with E-state index in [0.29, 0.717) is 17.7 Å². The van der Waals surface area contributed by atoms with E-state index in [1.54, 1.807) is 12.1 Å². The van der Waals surface area contributed by atoms with Gasteiger partial charge in [-0.15, -0.1) is 0 Å². The maximum atomic E-state index is 12.7. The third kappa shape index (κ3) is 4.92. The second kappa shape index (κ2) is 8.80. The van der Waals surface area contributed by atoms with Crippen LogP contribution in [0.5, 0.6) is 0 Å². The molecule has 2 aromatic rings. The molecule has 0 atom stereocenters. The molecule has 136 valence electrons. The van der Waals surface area contributed by atoms with Crippen molar-refractivity contribution in [2.75, 3.05) is 18.4 Å². The Morgan fingerprint density at radius 2 is 1.62 bits per heavy atom. The molecule has 0 aliphatic carbocycles. The largest absolute Gasteiger partial charge is 0.366 e. The van der Waals surface area contributed by atoms with E-state index in [2.05, 4.69) is 5.32 Å². The fourth-order valence-electron chi connectivity index (χ4n) is 2.56. The van der Waals surface area contributed by atoms with E-state index < -0.39 is 5.91 Å². The van der Waals surface area contributed by atoms with Crippen molar-refractivity contribution in [3.05, 3.63) is 65.2 Å². The number of aryl methyl sites for hydroxylation is 1. The highest BCUT2D eigenvalue weighted by atomic mass is 16.2. The van der Waals surface area contributed by atoms with Gasteiger partial charge in [0.25, 0.3) is 5.91 Å². The summed E-state index contributed by atoms with van der Waals surface area (Å²) in [6.07, 6.45) is 0.725. The van der Waals surface area contributed by atoms with Crippen molar-refractivity contribution >= 4 is 23.4 Å². The standard InChI is InChI=1S/C20H23N3O3/c1-3-12-23(13-18(24)22-17-7-5-4-6-14(17)2)20(26)16-10-8-15(9-11-16)19(21)25/h4-11H,3,12-13H2,1-2H3,(H2,21,25)(H,22,24). The summed E-state index contributed by atoms with van der Waals surface area (Å²) >= 11 is 0. The van der Waals surface area contributed by atoms with E-state index in [-0.39, 0.29) is 18.4 Å². The van der Waals surface area contributed by atoms with Gasteiger partial charge in [0.1, 0.15) is 6.54 Å². The molecule has 0 spiro atoms. The van der Waals surface area contributed by atoms with Crippen LogP contribution in [0.1, 0.15) is 39.6 Å². The van der Waals surface area contributed by atoms with Crippen molar-refractivity contribution in [3.8, 4) is 0 Å². The fourth-order valence-corrected chi connectivity index (χ4v) is 2.56. The highest BCUT2D eigenvalue weighted by molar-refractivity contribution is 6.00. The van der Waals surface area contributed by atoms with Gasteiger partial charge in [-0.25, -0.2) is 0 Å². The Bertz CT molecular complexity index is 800. The smallest absolute Gasteiger partial charge is 0.254 e. The summed E-state index contributed by atoms with van der Waals surface area (Å²) in [7, 11) is 0. The van der Waals surface area contributed by atoms with Crippen LogP contribution in [0.3, 0.4) is 0 Å². The van der Waals surface area contributed by atoms with Crippen LogP contribution in [0.15, 0.2) is 48.5 Å². The molecule has 2 aromatic carbocycles. The topological polar surface area (TPSA) is 92.5 Å². The second-order valence-electron chi connectivity index (χ2n) is 6.03. The molecule has 3 N–H and O–H groups in total. The molecule has 0 aromatic heterocycles. The summed E-state index contributed by atoms with van der Waals surface area (Å²) in [6, 6.07) is 13.6. The Hall–Kier alpha value is -3.15. The summed E-state index contributed by atoms with van der Waals surface area (Å²) < 4.78 is 0. The number of carbonyl (C=O) groups excluding carboxylic acids is 3. The van der Waals surface area contributed by atoms with Crippen molar-refractivity contribution in [2.45, 2.75) is 20.3 Å². The van der Waals surface area contributed by atoms with Gasteiger partial charge in [-0.05, 0) is 49.2 Å². The van der Waals surface area contributed by atoms with Crippen molar-refractivity contribution < 1.29 is 14.4 Å². The van der Waals surface area contributed by atoms with Crippen molar-refractivity contribution in [1.82, 2.24) is 4.90 Å². The Labute approximate surface area is 153 Å². The predicted octanol–water partition coefficient (Wildman–Crippen LogP) is 2.58. The van der Waals surface area contributed by atoms with Gasteiger partial charge < -0.3 is 16.0 Å². The maximum absolute atomic E-state index is 12.7. The number of nitrogens with zero attached hydrogens (tertiary/aromatic N) is 1. The molecule has 6 heteroatoms. The Morgan fingerprint density at radius 3 is 2.19 bits per heavy atom. The van der Waals surface area contributed by atoms with Crippen molar-refractivity contribution in [2.24, 2.45) is 5.73 Å². The van der Waals surface area contributed by atoms with Crippen LogP contribution in [0, 0.1) is 6.92 Å². The summed E-state index contributed by atoms with van der Waals surface area (Å²) in [5.41, 5.74) is 7.64. The average Bonchev–Trinajstić information content (AvgIpc) is 2.63. The minimum Gasteiger partial charge on any atom is -0.366 e. The van der Waals surface area contributed by atoms with Crippen LogP contribution in [-0.4, -0.2) is 35.7 Å². The number of rotatable bonds is 7. The molecule has 26 heavy (non-hydrogen) atoms. The zero-order valence-corrected chi connectivity index (χ0v) is 15.0. The summed E-state index contributed by atoms with van der Waals surface area (Å²) in [4.78, 5) is 37.7. The van der Waals surface area contributed by atoms with Crippen LogP contribution >= 0.6 is 0 Å². The SMILES string of the molecule is CCCN(CC(=O)Nc1ccccc1C)C(=O)c1ccc(C(N)=O)cc1. The Morgan fingerprint density at radius 1 is 1.00 bits per heavy atom. The van der Waals surface area contributed by atoms with Gasteiger partial charge in [-0.1, -0.05) is 25.1 Å². The molecule has 0 aliphatic rings. The van der Waals surface area contributed by atoms with Crippen LogP contribution < -0.4 is 11.1 Å². The van der Waals surface area contributed by atoms with E-state index in [1.165, 1.54) is 17.0 Å². The normalized spacial score (nSPS) is 10.2. The van der Waals surface area contributed by atoms with Crippen molar-refractivity contribution in [1.29, 1.82) is 0 Å². The molecule has 3 amide bonds. The average molecular weight is 353 g/mol.